The molecule has 14 nitrogen and oxygen atoms in total. The lowest BCUT2D eigenvalue weighted by molar-refractivity contribution is -0.144. The van der Waals surface area contributed by atoms with E-state index in [1.807, 2.05) is 5.32 Å². The highest BCUT2D eigenvalue weighted by Crippen LogP contribution is 2.06. The lowest BCUT2D eigenvalue weighted by atomic mass is 10.0. The summed E-state index contributed by atoms with van der Waals surface area (Å²) in [5.74, 6) is -6.75. The number of carbonyl (C=O) groups excluding carboxylic acids is 4. The van der Waals surface area contributed by atoms with Crippen molar-refractivity contribution in [3.63, 3.8) is 0 Å². The number of hydrogen-bond acceptors (Lipinski definition) is 8. The number of benzene rings is 1. The number of rotatable bonds is 15. The van der Waals surface area contributed by atoms with Gasteiger partial charge < -0.3 is 42.7 Å². The van der Waals surface area contributed by atoms with Gasteiger partial charge in [-0.25, -0.2) is 4.79 Å². The summed E-state index contributed by atoms with van der Waals surface area (Å²) in [6, 6.07) is 2.85. The van der Waals surface area contributed by atoms with Crippen LogP contribution in [0, 0.1) is 0 Å². The third-order valence-corrected chi connectivity index (χ3v) is 5.00. The van der Waals surface area contributed by atoms with Gasteiger partial charge in [0.15, 0.2) is 0 Å². The molecular weight excluding hydrogens is 478 g/mol. The Hall–Kier alpha value is -4.04. The van der Waals surface area contributed by atoms with E-state index < -0.39 is 78.7 Å². The highest BCUT2D eigenvalue weighted by molar-refractivity contribution is 5.95. The molecule has 14 heteroatoms. The van der Waals surface area contributed by atoms with Crippen molar-refractivity contribution in [1.29, 1.82) is 0 Å². The summed E-state index contributed by atoms with van der Waals surface area (Å²) in [5, 5.41) is 34.7. The maximum absolute atomic E-state index is 12.8. The number of aliphatic hydroxyl groups excluding tert-OH is 1. The van der Waals surface area contributed by atoms with Crippen molar-refractivity contribution >= 4 is 35.6 Å². The molecule has 0 aliphatic carbocycles. The van der Waals surface area contributed by atoms with E-state index in [1.54, 1.807) is 30.3 Å². The van der Waals surface area contributed by atoms with Gasteiger partial charge in [0.1, 0.15) is 18.1 Å². The number of carboxylic acids is 2. The summed E-state index contributed by atoms with van der Waals surface area (Å²) in [7, 11) is 0. The molecular formula is C22H31N5O9. The molecule has 0 aliphatic rings. The van der Waals surface area contributed by atoms with Crippen LogP contribution in [0.1, 0.15) is 31.7 Å². The molecule has 5 unspecified atom stereocenters. The van der Waals surface area contributed by atoms with Crippen LogP contribution in [-0.2, 0) is 35.2 Å². The van der Waals surface area contributed by atoms with E-state index in [9.17, 15) is 33.9 Å². The number of amides is 4. The Kier molecular flexibility index (Phi) is 12.0. The minimum absolute atomic E-state index is 0.134. The van der Waals surface area contributed by atoms with Crippen molar-refractivity contribution in [2.24, 2.45) is 11.5 Å². The molecule has 0 saturated carbocycles. The molecule has 36 heavy (non-hydrogen) atoms. The number of carbonyl (C=O) groups is 6. The van der Waals surface area contributed by atoms with E-state index in [1.165, 1.54) is 0 Å². The Labute approximate surface area is 206 Å². The van der Waals surface area contributed by atoms with Crippen LogP contribution in [0.4, 0.5) is 0 Å². The molecule has 5 atom stereocenters. The fourth-order valence-electron chi connectivity index (χ4n) is 3.10. The smallest absolute Gasteiger partial charge is 0.326 e. The maximum Gasteiger partial charge on any atom is 0.326 e. The van der Waals surface area contributed by atoms with Crippen molar-refractivity contribution in [2.75, 3.05) is 0 Å². The number of nitrogens with one attached hydrogen (secondary N) is 3. The van der Waals surface area contributed by atoms with Crippen LogP contribution in [-0.4, -0.2) is 81.2 Å². The summed E-state index contributed by atoms with van der Waals surface area (Å²) in [5.41, 5.74) is 11.6. The first kappa shape index (κ1) is 30.0. The van der Waals surface area contributed by atoms with Crippen molar-refractivity contribution in [3.8, 4) is 0 Å². The third-order valence-electron chi connectivity index (χ3n) is 5.00. The van der Waals surface area contributed by atoms with Gasteiger partial charge in [-0.1, -0.05) is 30.3 Å². The number of nitrogens with two attached hydrogens (primary N) is 2. The first-order valence-electron chi connectivity index (χ1n) is 10.9. The third kappa shape index (κ3) is 10.5. The number of aliphatic hydroxyl groups is 1. The molecule has 0 radical (unpaired) electrons. The lowest BCUT2D eigenvalue weighted by Crippen LogP contribution is -2.60. The number of hydrogen-bond donors (Lipinski definition) is 8. The van der Waals surface area contributed by atoms with E-state index in [0.29, 0.717) is 0 Å². The quantitative estimate of drug-likeness (QED) is 0.121. The second-order valence-corrected chi connectivity index (χ2v) is 8.09. The summed E-state index contributed by atoms with van der Waals surface area (Å²) >= 11 is 0. The predicted octanol–water partition coefficient (Wildman–Crippen LogP) is -2.78. The van der Waals surface area contributed by atoms with Crippen molar-refractivity contribution in [2.45, 2.75) is 62.9 Å². The number of primary amides is 1. The van der Waals surface area contributed by atoms with Crippen molar-refractivity contribution < 1.29 is 44.1 Å². The Bertz CT molecular complexity index is 954. The molecule has 1 aromatic carbocycles. The molecule has 0 heterocycles. The Morgan fingerprint density at radius 1 is 0.889 bits per heavy atom. The van der Waals surface area contributed by atoms with Gasteiger partial charge in [-0.3, -0.25) is 24.0 Å². The topological polar surface area (TPSA) is 251 Å². The van der Waals surface area contributed by atoms with Gasteiger partial charge in [0, 0.05) is 6.42 Å². The molecule has 4 amide bonds. The van der Waals surface area contributed by atoms with E-state index in [0.717, 1.165) is 12.5 Å². The Balaban J connectivity index is 2.96. The van der Waals surface area contributed by atoms with E-state index in [4.69, 9.17) is 21.7 Å². The summed E-state index contributed by atoms with van der Waals surface area (Å²) in [6.45, 7) is 1.13. The second-order valence-electron chi connectivity index (χ2n) is 8.09. The predicted molar refractivity (Wildman–Crippen MR) is 124 cm³/mol. The van der Waals surface area contributed by atoms with Crippen LogP contribution in [0.5, 0.6) is 0 Å². The zero-order chi connectivity index (χ0) is 27.4. The van der Waals surface area contributed by atoms with Crippen LogP contribution >= 0.6 is 0 Å². The van der Waals surface area contributed by atoms with Gasteiger partial charge in [0.05, 0.1) is 18.6 Å². The fourth-order valence-corrected chi connectivity index (χ4v) is 3.10. The normalized spacial score (nSPS) is 14.9. The molecule has 10 N–H and O–H groups in total. The maximum atomic E-state index is 12.8. The average molecular weight is 510 g/mol. The van der Waals surface area contributed by atoms with Gasteiger partial charge in [-0.15, -0.1) is 0 Å². The fraction of sp³-hybridized carbons (Fsp3) is 0.455. The summed E-state index contributed by atoms with van der Waals surface area (Å²) in [4.78, 5) is 71.3. The number of aliphatic carboxylic acids is 2. The van der Waals surface area contributed by atoms with Crippen LogP contribution in [0.15, 0.2) is 30.3 Å². The molecule has 0 saturated heterocycles. The largest absolute Gasteiger partial charge is 0.481 e. The van der Waals surface area contributed by atoms with Crippen LogP contribution in [0.25, 0.3) is 0 Å². The van der Waals surface area contributed by atoms with Gasteiger partial charge in [-0.05, 0) is 25.3 Å². The first-order chi connectivity index (χ1) is 16.8. The van der Waals surface area contributed by atoms with Crippen LogP contribution < -0.4 is 27.4 Å². The lowest BCUT2D eigenvalue weighted by Gasteiger charge is -2.26. The summed E-state index contributed by atoms with van der Waals surface area (Å²) < 4.78 is 0. The zero-order valence-corrected chi connectivity index (χ0v) is 19.5. The monoisotopic (exact) mass is 509 g/mol. The molecule has 0 bridgehead atoms. The Morgan fingerprint density at radius 2 is 1.47 bits per heavy atom. The average Bonchev–Trinajstić information content (AvgIpc) is 2.79. The first-order valence-corrected chi connectivity index (χ1v) is 10.9. The van der Waals surface area contributed by atoms with Gasteiger partial charge in [-0.2, -0.15) is 0 Å². The van der Waals surface area contributed by atoms with Gasteiger partial charge in [0.25, 0.3) is 0 Å². The molecule has 0 aliphatic heterocycles. The molecule has 1 aromatic rings. The molecule has 198 valence electrons. The SMILES string of the molecule is CC(O)C(NC(=O)C(CCC(=O)O)NC(=O)C(N)Cc1ccccc1)C(=O)NC(CC(N)=O)C(=O)O. The van der Waals surface area contributed by atoms with Crippen LogP contribution in [0.2, 0.25) is 0 Å². The minimum atomic E-state index is -1.72. The van der Waals surface area contributed by atoms with E-state index in [2.05, 4.69) is 10.6 Å². The second kappa shape index (κ2) is 14.4. The zero-order valence-electron chi connectivity index (χ0n) is 19.5. The highest BCUT2D eigenvalue weighted by Gasteiger charge is 2.33. The van der Waals surface area contributed by atoms with Gasteiger partial charge >= 0.3 is 11.9 Å². The highest BCUT2D eigenvalue weighted by atomic mass is 16.4. The van der Waals surface area contributed by atoms with E-state index >= 15 is 0 Å². The van der Waals surface area contributed by atoms with Gasteiger partial charge in [0.2, 0.25) is 23.6 Å². The number of carboxylic acid groups (broad SMARTS) is 2. The van der Waals surface area contributed by atoms with Crippen molar-refractivity contribution in [3.05, 3.63) is 35.9 Å². The Morgan fingerprint density at radius 3 is 1.97 bits per heavy atom. The molecule has 0 aromatic heterocycles. The van der Waals surface area contributed by atoms with E-state index in [-0.39, 0.29) is 12.8 Å². The molecule has 0 fully saturated rings. The minimum Gasteiger partial charge on any atom is -0.481 e. The molecule has 1 rings (SSSR count). The van der Waals surface area contributed by atoms with Crippen molar-refractivity contribution in [1.82, 2.24) is 16.0 Å². The molecule has 0 spiro atoms. The summed E-state index contributed by atoms with van der Waals surface area (Å²) in [6.07, 6.45) is -3.02. The van der Waals surface area contributed by atoms with Crippen LogP contribution in [0.3, 0.4) is 0 Å². The standard InChI is InChI=1S/C22H31N5O9/c1-11(28)18(21(34)26-15(22(35)36)10-16(24)29)27-20(33)14(7-8-17(30)31)25-19(32)13(23)9-12-5-3-2-4-6-12/h2-6,11,13-15,18,28H,7-10,23H2,1H3,(H2,24,29)(H,25,32)(H,26,34)(H,27,33)(H,30,31)(H,35,36).